The van der Waals surface area contributed by atoms with Crippen LogP contribution in [0.4, 0.5) is 28.4 Å². The van der Waals surface area contributed by atoms with E-state index in [2.05, 4.69) is 66.0 Å². The lowest BCUT2D eigenvalue weighted by atomic mass is 10.1. The summed E-state index contributed by atoms with van der Waals surface area (Å²) in [6.45, 7) is 9.38. The van der Waals surface area contributed by atoms with Crippen LogP contribution in [0.3, 0.4) is 0 Å². The van der Waals surface area contributed by atoms with Gasteiger partial charge in [0.25, 0.3) is 11.8 Å². The molecule has 68 heavy (non-hydrogen) atoms. The van der Waals surface area contributed by atoms with Crippen molar-refractivity contribution in [2.24, 2.45) is 0 Å². The quantitative estimate of drug-likeness (QED) is 0.0683. The Labute approximate surface area is 403 Å². The number of ether oxygens (including phenoxy) is 7. The smallest absolute Gasteiger partial charge is 0.262 e. The summed E-state index contributed by atoms with van der Waals surface area (Å²) < 4.78 is 41.7. The van der Waals surface area contributed by atoms with Crippen LogP contribution >= 0.6 is 11.8 Å². The van der Waals surface area contributed by atoms with Crippen LogP contribution in [0.15, 0.2) is 91.0 Å². The van der Waals surface area contributed by atoms with Crippen molar-refractivity contribution in [3.63, 3.8) is 0 Å². The average molecular weight is 944 g/mol. The Kier molecular flexibility index (Phi) is 14.2. The maximum Gasteiger partial charge on any atom is 0.262 e. The van der Waals surface area contributed by atoms with E-state index in [0.29, 0.717) is 98.0 Å². The number of hydrogen-bond acceptors (Lipinski definition) is 13. The standard InChI is InChI=1S/C53H61N5O9S/c1-53(2,68-6)33-56(15-16-64-19-20-65-18-17-61-3)38-22-34(31-66-48-28-42-40(26-46(48)62-4)51(59)57-39(30-54-42)24-36-11-7-9-13-44(36)57)21-35(23-38)32-67-49-29-43-41(27-47(49)63-5)52(60)58-45-14-10-8-12-37(45)25-50(58)55-43/h7-14,21-23,26-29,39,50,54-55H,15-20,24-25,30-33H2,1-6H3/t39-,50-/m0/s1. The minimum absolute atomic E-state index is 0.000235. The Balaban J connectivity index is 0.988. The zero-order chi connectivity index (χ0) is 47.4. The number of carbonyl (C=O) groups is 2. The largest absolute Gasteiger partial charge is 0.493 e. The van der Waals surface area contributed by atoms with Gasteiger partial charge in [0.05, 0.1) is 75.8 Å². The number of methoxy groups -OCH3 is 3. The highest BCUT2D eigenvalue weighted by Crippen LogP contribution is 2.44. The van der Waals surface area contributed by atoms with Crippen LogP contribution in [0.5, 0.6) is 23.0 Å². The fourth-order valence-electron chi connectivity index (χ4n) is 9.48. The van der Waals surface area contributed by atoms with Crippen LogP contribution < -0.4 is 44.3 Å². The van der Waals surface area contributed by atoms with Crippen molar-refractivity contribution in [1.29, 1.82) is 0 Å². The predicted octanol–water partition coefficient (Wildman–Crippen LogP) is 8.44. The van der Waals surface area contributed by atoms with Crippen molar-refractivity contribution >= 4 is 52.0 Å². The molecule has 0 bridgehead atoms. The molecule has 0 fully saturated rings. The van der Waals surface area contributed by atoms with Crippen LogP contribution in [0, 0.1) is 0 Å². The molecule has 0 spiro atoms. The summed E-state index contributed by atoms with van der Waals surface area (Å²) in [6.07, 6.45) is 3.43. The Morgan fingerprint density at radius 2 is 1.25 bits per heavy atom. The van der Waals surface area contributed by atoms with E-state index in [1.54, 1.807) is 33.5 Å². The highest BCUT2D eigenvalue weighted by atomic mass is 32.2. The summed E-state index contributed by atoms with van der Waals surface area (Å²) in [5.74, 6) is 1.81. The highest BCUT2D eigenvalue weighted by molar-refractivity contribution is 7.99. The number of hydrogen-bond donors (Lipinski definition) is 2. The second-order valence-corrected chi connectivity index (χ2v) is 19.5. The van der Waals surface area contributed by atoms with Gasteiger partial charge < -0.3 is 53.6 Å². The monoisotopic (exact) mass is 943 g/mol. The molecule has 358 valence electrons. The zero-order valence-corrected chi connectivity index (χ0v) is 40.5. The number of fused-ring (bicyclic) bond motifs is 8. The number of nitrogens with zero attached hydrogens (tertiary/aromatic N) is 3. The average Bonchev–Trinajstić information content (AvgIpc) is 3.88. The van der Waals surface area contributed by atoms with Crippen molar-refractivity contribution in [1.82, 2.24) is 0 Å². The van der Waals surface area contributed by atoms with E-state index in [0.717, 1.165) is 46.7 Å². The van der Waals surface area contributed by atoms with Crippen LogP contribution in [0.2, 0.25) is 0 Å². The van der Waals surface area contributed by atoms with Crippen LogP contribution in [-0.4, -0.2) is 109 Å². The van der Waals surface area contributed by atoms with E-state index >= 15 is 0 Å². The van der Waals surface area contributed by atoms with Gasteiger partial charge in [0.15, 0.2) is 23.0 Å². The Hall–Kier alpha value is -6.13. The van der Waals surface area contributed by atoms with E-state index in [4.69, 9.17) is 33.2 Å². The molecule has 0 aromatic heterocycles. The molecule has 0 saturated heterocycles. The molecule has 2 atom stereocenters. The normalized spacial score (nSPS) is 16.6. The summed E-state index contributed by atoms with van der Waals surface area (Å²) in [6, 6.07) is 29.8. The van der Waals surface area contributed by atoms with Gasteiger partial charge in [-0.05, 0) is 91.2 Å². The van der Waals surface area contributed by atoms with E-state index < -0.39 is 0 Å². The molecule has 5 aromatic carbocycles. The van der Waals surface area contributed by atoms with Crippen molar-refractivity contribution < 1.29 is 42.7 Å². The first kappa shape index (κ1) is 47.0. The number of rotatable bonds is 21. The van der Waals surface area contributed by atoms with E-state index in [-0.39, 0.29) is 42.0 Å². The first-order valence-corrected chi connectivity index (χ1v) is 24.4. The third-order valence-corrected chi connectivity index (χ3v) is 14.3. The highest BCUT2D eigenvalue weighted by Gasteiger charge is 2.40. The molecule has 2 N–H and O–H groups in total. The lowest BCUT2D eigenvalue weighted by Gasteiger charge is -2.34. The number of benzene rings is 5. The number of nitrogens with one attached hydrogen (secondary N) is 2. The number of carbonyl (C=O) groups excluding carboxylic acids is 2. The van der Waals surface area contributed by atoms with Crippen LogP contribution in [-0.2, 0) is 40.3 Å². The molecule has 4 aliphatic rings. The second kappa shape index (κ2) is 20.6. The third-order valence-electron chi connectivity index (χ3n) is 13.0. The van der Waals surface area contributed by atoms with Crippen LogP contribution in [0.25, 0.3) is 0 Å². The van der Waals surface area contributed by atoms with Gasteiger partial charge in [-0.2, -0.15) is 11.8 Å². The fraction of sp³-hybridized carbons (Fsp3) is 0.396. The van der Waals surface area contributed by atoms with Crippen molar-refractivity contribution in [3.8, 4) is 23.0 Å². The Morgan fingerprint density at radius 3 is 1.90 bits per heavy atom. The van der Waals surface area contributed by atoms with Crippen LogP contribution in [0.1, 0.15) is 56.8 Å². The lowest BCUT2D eigenvalue weighted by molar-refractivity contribution is 0.0264. The van der Waals surface area contributed by atoms with E-state index in [1.807, 2.05) is 70.1 Å². The molecule has 0 radical (unpaired) electrons. The molecular weight excluding hydrogens is 883 g/mol. The predicted molar refractivity (Wildman–Crippen MR) is 268 cm³/mol. The second-order valence-electron chi connectivity index (χ2n) is 18.0. The van der Waals surface area contributed by atoms with Gasteiger partial charge in [0, 0.05) is 67.1 Å². The number of amides is 2. The molecule has 14 nitrogen and oxygen atoms in total. The fourth-order valence-corrected chi connectivity index (χ4v) is 9.76. The van der Waals surface area contributed by atoms with Gasteiger partial charge in [-0.25, -0.2) is 0 Å². The molecule has 4 aliphatic heterocycles. The van der Waals surface area contributed by atoms with Crippen molar-refractivity contribution in [2.75, 3.05) is 106 Å². The summed E-state index contributed by atoms with van der Waals surface area (Å²) in [5.41, 5.74) is 9.44. The topological polar surface area (TPSA) is 133 Å². The number of thioether (sulfide) groups is 1. The molecule has 4 heterocycles. The van der Waals surface area contributed by atoms with E-state index in [9.17, 15) is 9.59 Å². The third kappa shape index (κ3) is 9.89. The maximum absolute atomic E-state index is 14.2. The molecule has 0 saturated carbocycles. The van der Waals surface area contributed by atoms with Crippen molar-refractivity contribution in [2.45, 2.75) is 56.9 Å². The van der Waals surface area contributed by atoms with E-state index in [1.165, 1.54) is 5.56 Å². The van der Waals surface area contributed by atoms with Gasteiger partial charge in [0.2, 0.25) is 0 Å². The molecule has 2 amide bonds. The Morgan fingerprint density at radius 1 is 0.676 bits per heavy atom. The van der Waals surface area contributed by atoms with Gasteiger partial charge in [0.1, 0.15) is 19.4 Å². The molecule has 5 aromatic rings. The lowest BCUT2D eigenvalue weighted by Crippen LogP contribution is -2.46. The minimum atomic E-state index is -0.194. The molecule has 15 heteroatoms. The molecule has 0 unspecified atom stereocenters. The summed E-state index contributed by atoms with van der Waals surface area (Å²) >= 11 is 1.81. The Bertz CT molecular complexity index is 2640. The SMILES string of the molecule is COCCOCCOCCN(CC(C)(C)SC)c1cc(COc2cc3c(cc2OC)C(=O)N2c4ccccc4C[C@H]2CN3)cc(COc2cc3c(cc2OC)C(=O)N2c4ccccc4C[C@H]2N3)c1. The summed E-state index contributed by atoms with van der Waals surface area (Å²) in [7, 11) is 4.84. The molecule has 9 rings (SSSR count). The maximum atomic E-state index is 14.2. The first-order valence-electron chi connectivity index (χ1n) is 23.2. The van der Waals surface area contributed by atoms with Gasteiger partial charge >= 0.3 is 0 Å². The summed E-state index contributed by atoms with van der Waals surface area (Å²) in [5, 5.41) is 7.14. The van der Waals surface area contributed by atoms with Gasteiger partial charge in [-0.15, -0.1) is 0 Å². The molecule has 0 aliphatic carbocycles. The van der Waals surface area contributed by atoms with Gasteiger partial charge in [-0.1, -0.05) is 36.4 Å². The molecular formula is C53H61N5O9S. The van der Waals surface area contributed by atoms with Crippen molar-refractivity contribution in [3.05, 3.63) is 124 Å². The minimum Gasteiger partial charge on any atom is -0.493 e. The summed E-state index contributed by atoms with van der Waals surface area (Å²) in [4.78, 5) is 34.2. The van der Waals surface area contributed by atoms with Gasteiger partial charge in [-0.3, -0.25) is 14.5 Å². The first-order chi connectivity index (χ1) is 33.1. The number of anilines is 5. The number of para-hydroxylation sites is 2. The zero-order valence-electron chi connectivity index (χ0n) is 39.7.